The molecule has 10 rings (SSSR count). The molecular formula is C48H40BBrF4N6O12S2. The first-order chi connectivity index (χ1) is 35.3. The maximum Gasteiger partial charge on any atom is 0.488 e. The number of hydrogen-bond donors (Lipinski definition) is 6. The van der Waals surface area contributed by atoms with Crippen LogP contribution in [0.5, 0.6) is 23.0 Å². The number of aromatic nitrogens is 4. The van der Waals surface area contributed by atoms with E-state index in [9.17, 15) is 39.6 Å². The Kier molecular flexibility index (Phi) is 15.6. The molecule has 6 heterocycles. The zero-order valence-electron chi connectivity index (χ0n) is 38.6. The van der Waals surface area contributed by atoms with Crippen molar-refractivity contribution in [2.24, 2.45) is 0 Å². The summed E-state index contributed by atoms with van der Waals surface area (Å²) in [6, 6.07) is 17.0. The summed E-state index contributed by atoms with van der Waals surface area (Å²) in [4.78, 5) is 40.1. The number of halogens is 5. The quantitative estimate of drug-likeness (QED) is 0.0346. The van der Waals surface area contributed by atoms with Gasteiger partial charge in [-0.05, 0) is 100 Å². The summed E-state index contributed by atoms with van der Waals surface area (Å²) in [5.41, 5.74) is -0.163. The van der Waals surface area contributed by atoms with Crippen LogP contribution >= 0.6 is 15.9 Å². The van der Waals surface area contributed by atoms with E-state index in [1.54, 1.807) is 68.6 Å². The number of sulfonamides is 2. The van der Waals surface area contributed by atoms with Crippen LogP contribution in [0, 0.1) is 23.3 Å². The number of anilines is 2. The number of carbonyl (C=O) groups excluding carboxylic acids is 2. The van der Waals surface area contributed by atoms with Crippen LogP contribution in [0.3, 0.4) is 0 Å². The molecule has 0 saturated carbocycles. The summed E-state index contributed by atoms with van der Waals surface area (Å²) in [6.07, 6.45) is 6.35. The van der Waals surface area contributed by atoms with Gasteiger partial charge in [0.1, 0.15) is 22.9 Å². The maximum atomic E-state index is 15.2. The number of hydrogen-bond acceptors (Lipinski definition) is 14. The lowest BCUT2D eigenvalue weighted by molar-refractivity contribution is 0.102. The molecule has 2 aliphatic rings. The predicted octanol–water partition coefficient (Wildman–Crippen LogP) is 7.70. The molecule has 8 aromatic rings. The van der Waals surface area contributed by atoms with E-state index in [1.165, 1.54) is 18.6 Å². The van der Waals surface area contributed by atoms with Crippen LogP contribution in [0.15, 0.2) is 102 Å². The van der Waals surface area contributed by atoms with Gasteiger partial charge in [-0.2, -0.15) is 0 Å². The molecule has 0 fully saturated rings. The third-order valence-electron chi connectivity index (χ3n) is 11.0. The van der Waals surface area contributed by atoms with Crippen molar-refractivity contribution in [2.45, 2.75) is 26.7 Å². The lowest BCUT2D eigenvalue weighted by atomic mass is 9.80. The number of carbonyl (C=O) groups is 2. The minimum absolute atomic E-state index is 0.0125. The highest BCUT2D eigenvalue weighted by Crippen LogP contribution is 2.37. The summed E-state index contributed by atoms with van der Waals surface area (Å²) in [6.45, 7) is 3.62. The number of ketones is 2. The fourth-order valence-corrected chi connectivity index (χ4v) is 10.2. The highest BCUT2D eigenvalue weighted by atomic mass is 79.9. The number of nitrogens with zero attached hydrogens (tertiary/aromatic N) is 2. The van der Waals surface area contributed by atoms with Gasteiger partial charge in [-0.3, -0.25) is 19.0 Å². The van der Waals surface area contributed by atoms with Gasteiger partial charge in [0, 0.05) is 56.7 Å². The number of pyridine rings is 2. The second-order valence-corrected chi connectivity index (χ2v) is 20.8. The lowest BCUT2D eigenvalue weighted by Gasteiger charge is -2.11. The van der Waals surface area contributed by atoms with Crippen LogP contribution in [-0.4, -0.2) is 90.6 Å². The molecular weight excluding hydrogens is 1080 g/mol. The number of fused-ring (bicyclic) bond motifs is 4. The van der Waals surface area contributed by atoms with Crippen molar-refractivity contribution >= 4 is 93.6 Å². The van der Waals surface area contributed by atoms with E-state index in [-0.39, 0.29) is 36.2 Å². The van der Waals surface area contributed by atoms with Gasteiger partial charge in [-0.15, -0.1) is 0 Å². The smallest absolute Gasteiger partial charge is 0.454 e. The van der Waals surface area contributed by atoms with Gasteiger partial charge in [0.05, 0.1) is 34.0 Å². The molecule has 0 radical (unpaired) electrons. The Hall–Kier alpha value is -7.52. The van der Waals surface area contributed by atoms with Crippen LogP contribution in [-0.2, 0) is 20.0 Å². The first-order valence-corrected chi connectivity index (χ1v) is 26.2. The Labute approximate surface area is 427 Å². The average molecular weight is 1120 g/mol. The fraction of sp³-hybridized carbons (Fsp3) is 0.167. The number of aromatic amines is 2. The number of rotatable bonds is 14. The third-order valence-corrected chi connectivity index (χ3v) is 14.4. The summed E-state index contributed by atoms with van der Waals surface area (Å²) in [5.74, 6) is -4.73. The Bertz CT molecular complexity index is 3720. The van der Waals surface area contributed by atoms with Gasteiger partial charge in [-0.25, -0.2) is 44.4 Å². The fourth-order valence-electron chi connectivity index (χ4n) is 7.59. The van der Waals surface area contributed by atoms with Crippen molar-refractivity contribution in [1.82, 2.24) is 19.9 Å². The summed E-state index contributed by atoms with van der Waals surface area (Å²) >= 11 is 3.23. The van der Waals surface area contributed by atoms with Crippen molar-refractivity contribution in [3.63, 3.8) is 0 Å². The molecule has 0 atom stereocenters. The first-order valence-electron chi connectivity index (χ1n) is 22.1. The normalized spacial score (nSPS) is 12.4. The van der Waals surface area contributed by atoms with E-state index < -0.39 is 84.5 Å². The van der Waals surface area contributed by atoms with E-state index in [4.69, 9.17) is 29.0 Å². The van der Waals surface area contributed by atoms with Crippen molar-refractivity contribution in [1.29, 1.82) is 0 Å². The molecule has 18 nitrogen and oxygen atoms in total. The highest BCUT2D eigenvalue weighted by molar-refractivity contribution is 9.10. The van der Waals surface area contributed by atoms with Crippen LogP contribution in [0.2, 0.25) is 0 Å². The lowest BCUT2D eigenvalue weighted by Crippen LogP contribution is -2.29. The molecule has 0 unspecified atom stereocenters. The van der Waals surface area contributed by atoms with Gasteiger partial charge < -0.3 is 39.0 Å². The molecule has 0 aliphatic carbocycles. The first kappa shape index (κ1) is 52.8. The maximum absolute atomic E-state index is 15.2. The van der Waals surface area contributed by atoms with Crippen LogP contribution in [0.1, 0.15) is 58.5 Å². The number of benzene rings is 4. The number of ether oxygens (including phenoxy) is 4. The van der Waals surface area contributed by atoms with Crippen molar-refractivity contribution in [3.05, 3.63) is 148 Å². The molecule has 0 spiro atoms. The van der Waals surface area contributed by atoms with E-state index in [1.807, 2.05) is 0 Å². The monoisotopic (exact) mass is 1120 g/mol. The van der Waals surface area contributed by atoms with Gasteiger partial charge in [0.2, 0.25) is 45.2 Å². The van der Waals surface area contributed by atoms with Crippen LogP contribution in [0.25, 0.3) is 33.2 Å². The van der Waals surface area contributed by atoms with Crippen LogP contribution < -0.4 is 33.9 Å². The Morgan fingerprint density at radius 3 is 1.62 bits per heavy atom. The second-order valence-electron chi connectivity index (χ2n) is 16.2. The molecule has 4 aromatic heterocycles. The van der Waals surface area contributed by atoms with Crippen molar-refractivity contribution in [3.8, 4) is 34.1 Å². The molecule has 0 saturated heterocycles. The zero-order chi connectivity index (χ0) is 53.1. The third kappa shape index (κ3) is 11.5. The largest absolute Gasteiger partial charge is 0.488 e. The van der Waals surface area contributed by atoms with E-state index in [2.05, 4.69) is 45.3 Å². The molecule has 2 aliphatic heterocycles. The standard InChI is InChI=1S/C24H19F2N3O5S.C17H14BrF2N3O3S.C7H7BO4/c1-2-7-35(31,32)29-18-5-4-17(25)21(22(18)26)23(30)16-11-28-24-15(16)8-14(10-27-24)13-3-6-19-20(9-13)34-12-33-19;1-2-5-27(25,26)23-13-4-3-12(19)14(15(13)20)16(24)11-8-22-17-10(11)6-9(18)7-21-17;9-8(10)5-1-2-6-7(3-5)12-4-11-6/h3-6,8-11,29H,2,7,12H2,1H3,(H,27,28);3-4,6-8,23H,2,5H2,1H3,(H,21,22);1-3,9-10H,4H2. The summed E-state index contributed by atoms with van der Waals surface area (Å²) < 4.78 is 132. The van der Waals surface area contributed by atoms with Gasteiger partial charge in [0.15, 0.2) is 34.6 Å². The molecule has 74 heavy (non-hydrogen) atoms. The summed E-state index contributed by atoms with van der Waals surface area (Å²) in [5, 5.41) is 18.4. The van der Waals surface area contributed by atoms with Gasteiger partial charge >= 0.3 is 7.12 Å². The summed E-state index contributed by atoms with van der Waals surface area (Å²) in [7, 11) is -9.11. The molecule has 384 valence electrons. The Morgan fingerprint density at radius 2 is 1.11 bits per heavy atom. The van der Waals surface area contributed by atoms with E-state index >= 15 is 4.39 Å². The molecule has 6 N–H and O–H groups in total. The predicted molar refractivity (Wildman–Crippen MR) is 269 cm³/mol. The highest BCUT2D eigenvalue weighted by Gasteiger charge is 2.28. The molecule has 0 bridgehead atoms. The average Bonchev–Trinajstić information content (AvgIpc) is 4.20. The van der Waals surface area contributed by atoms with E-state index in [0.29, 0.717) is 73.4 Å². The SMILES string of the molecule is CCCS(=O)(=O)Nc1ccc(F)c(C(=O)c2c[nH]c3ncc(-c4ccc5c(c4)OCO5)cc23)c1F.CCCS(=O)(=O)Nc1ccc(F)c(C(=O)c2c[nH]c3ncc(Br)cc23)c1F.OB(O)c1ccc2c(c1)OCO2. The zero-order valence-corrected chi connectivity index (χ0v) is 41.9. The van der Waals surface area contributed by atoms with Gasteiger partial charge in [-0.1, -0.05) is 26.0 Å². The number of H-pyrrole nitrogens is 2. The number of nitrogens with one attached hydrogen (secondary N) is 4. The Balaban J connectivity index is 0.000000164. The molecule has 0 amide bonds. The van der Waals surface area contributed by atoms with Crippen molar-refractivity contribution in [2.75, 3.05) is 34.5 Å². The Morgan fingerprint density at radius 1 is 0.635 bits per heavy atom. The molecule has 4 aromatic carbocycles. The molecule has 26 heteroatoms. The minimum Gasteiger partial charge on any atom is -0.454 e. The van der Waals surface area contributed by atoms with Gasteiger partial charge in [0.25, 0.3) is 0 Å². The minimum atomic E-state index is -3.85. The van der Waals surface area contributed by atoms with E-state index in [0.717, 1.165) is 29.8 Å². The van der Waals surface area contributed by atoms with Crippen molar-refractivity contribution < 1.29 is 73.0 Å². The topological polar surface area (TPSA) is 261 Å². The second kappa shape index (κ2) is 21.9. The van der Waals surface area contributed by atoms with Crippen LogP contribution in [0.4, 0.5) is 28.9 Å².